The van der Waals surface area contributed by atoms with Crippen LogP contribution >= 0.6 is 12.6 Å². The lowest BCUT2D eigenvalue weighted by Crippen LogP contribution is -2.45. The molecule has 1 nitrogen and oxygen atoms in total. The fraction of sp³-hybridized carbons (Fsp3) is 0.833. The summed E-state index contributed by atoms with van der Waals surface area (Å²) in [5.41, 5.74) is 0.228. The molecule has 0 amide bonds. The van der Waals surface area contributed by atoms with Crippen molar-refractivity contribution >= 4 is 12.6 Å². The van der Waals surface area contributed by atoms with Gasteiger partial charge in [0.25, 0.3) is 0 Å². The zero-order valence-corrected chi connectivity index (χ0v) is 10.5. The highest BCUT2D eigenvalue weighted by molar-refractivity contribution is 7.80. The SMILES string of the molecule is CC1CC#CC(NCS)C(C)(C)C1C. The molecule has 0 fully saturated rings. The molecule has 0 aromatic rings. The number of nitrogens with one attached hydrogen (secondary N) is 1. The average Bonchev–Trinajstić information content (AvgIpc) is 2.21. The summed E-state index contributed by atoms with van der Waals surface area (Å²) in [5.74, 6) is 8.65. The zero-order valence-electron chi connectivity index (χ0n) is 9.59. The van der Waals surface area contributed by atoms with Crippen LogP contribution in [-0.2, 0) is 0 Å². The van der Waals surface area contributed by atoms with Crippen LogP contribution in [0.2, 0.25) is 0 Å². The van der Waals surface area contributed by atoms with Gasteiger partial charge >= 0.3 is 0 Å². The Labute approximate surface area is 93.5 Å². The van der Waals surface area contributed by atoms with Crippen LogP contribution in [0.15, 0.2) is 0 Å². The quantitative estimate of drug-likeness (QED) is 0.406. The Morgan fingerprint density at radius 2 is 2.07 bits per heavy atom. The molecule has 1 N–H and O–H groups in total. The monoisotopic (exact) mass is 211 g/mol. The molecule has 1 rings (SSSR count). The number of rotatable bonds is 2. The second kappa shape index (κ2) is 4.59. The molecule has 3 atom stereocenters. The van der Waals surface area contributed by atoms with E-state index >= 15 is 0 Å². The molecule has 14 heavy (non-hydrogen) atoms. The van der Waals surface area contributed by atoms with Gasteiger partial charge in [-0.1, -0.05) is 33.6 Å². The van der Waals surface area contributed by atoms with Gasteiger partial charge in [0.1, 0.15) is 0 Å². The van der Waals surface area contributed by atoms with E-state index in [-0.39, 0.29) is 11.5 Å². The molecular weight excluding hydrogens is 190 g/mol. The van der Waals surface area contributed by atoms with Crippen molar-refractivity contribution < 1.29 is 0 Å². The summed E-state index contributed by atoms with van der Waals surface area (Å²) in [6.45, 7) is 9.22. The van der Waals surface area contributed by atoms with E-state index in [1.165, 1.54) is 0 Å². The van der Waals surface area contributed by atoms with Gasteiger partial charge in [-0.05, 0) is 17.3 Å². The maximum atomic E-state index is 4.22. The third-order valence-electron chi connectivity index (χ3n) is 3.74. The van der Waals surface area contributed by atoms with Gasteiger partial charge in [0.2, 0.25) is 0 Å². The van der Waals surface area contributed by atoms with E-state index in [0.29, 0.717) is 17.7 Å². The summed E-state index contributed by atoms with van der Waals surface area (Å²) < 4.78 is 0. The van der Waals surface area contributed by atoms with Crippen molar-refractivity contribution in [3.8, 4) is 11.8 Å². The number of hydrogen-bond donors (Lipinski definition) is 2. The molecule has 80 valence electrons. The van der Waals surface area contributed by atoms with Crippen molar-refractivity contribution in [2.24, 2.45) is 17.3 Å². The van der Waals surface area contributed by atoms with Crippen LogP contribution in [0.4, 0.5) is 0 Å². The number of thiol groups is 1. The second-order valence-corrected chi connectivity index (χ2v) is 5.22. The molecule has 0 radical (unpaired) electrons. The molecule has 0 heterocycles. The lowest BCUT2D eigenvalue weighted by atomic mass is 9.69. The van der Waals surface area contributed by atoms with Crippen LogP contribution < -0.4 is 5.32 Å². The molecule has 0 saturated carbocycles. The van der Waals surface area contributed by atoms with Gasteiger partial charge in [0, 0.05) is 12.3 Å². The summed E-state index contributed by atoms with van der Waals surface area (Å²) in [7, 11) is 0. The van der Waals surface area contributed by atoms with Crippen molar-refractivity contribution in [2.45, 2.75) is 40.2 Å². The van der Waals surface area contributed by atoms with Crippen LogP contribution in [0.3, 0.4) is 0 Å². The highest BCUT2D eigenvalue weighted by Crippen LogP contribution is 2.38. The predicted molar refractivity (Wildman–Crippen MR) is 65.3 cm³/mol. The molecule has 0 spiro atoms. The Balaban J connectivity index is 2.87. The maximum Gasteiger partial charge on any atom is 0.0750 e. The molecule has 0 saturated heterocycles. The van der Waals surface area contributed by atoms with Crippen molar-refractivity contribution in [1.82, 2.24) is 5.32 Å². The molecule has 2 heteroatoms. The summed E-state index contributed by atoms with van der Waals surface area (Å²) in [4.78, 5) is 0. The third kappa shape index (κ3) is 2.27. The Bertz CT molecular complexity index is 249. The van der Waals surface area contributed by atoms with E-state index in [4.69, 9.17) is 0 Å². The van der Waals surface area contributed by atoms with Gasteiger partial charge in [0.15, 0.2) is 0 Å². The van der Waals surface area contributed by atoms with E-state index in [1.807, 2.05) is 0 Å². The van der Waals surface area contributed by atoms with Crippen molar-refractivity contribution in [3.63, 3.8) is 0 Å². The smallest absolute Gasteiger partial charge is 0.0750 e. The van der Waals surface area contributed by atoms with Crippen LogP contribution in [0.25, 0.3) is 0 Å². The fourth-order valence-corrected chi connectivity index (χ4v) is 2.27. The minimum atomic E-state index is 0.228. The van der Waals surface area contributed by atoms with Gasteiger partial charge < -0.3 is 0 Å². The maximum absolute atomic E-state index is 4.22. The first-order valence-electron chi connectivity index (χ1n) is 5.32. The van der Waals surface area contributed by atoms with Crippen LogP contribution in [-0.4, -0.2) is 11.9 Å². The van der Waals surface area contributed by atoms with Crippen molar-refractivity contribution in [2.75, 3.05) is 5.88 Å². The topological polar surface area (TPSA) is 12.0 Å². The minimum Gasteiger partial charge on any atom is -0.294 e. The molecular formula is C12H21NS. The average molecular weight is 211 g/mol. The Hall–Kier alpha value is -0.130. The first kappa shape index (κ1) is 11.9. The molecule has 0 aromatic heterocycles. The standard InChI is InChI=1S/C12H21NS/c1-9-6-5-7-11(13-8-14)12(3,4)10(9)2/h9-11,13-14H,6,8H2,1-4H3. The van der Waals surface area contributed by atoms with E-state index in [1.54, 1.807) is 0 Å². The first-order valence-corrected chi connectivity index (χ1v) is 5.96. The van der Waals surface area contributed by atoms with E-state index in [2.05, 4.69) is 57.5 Å². The van der Waals surface area contributed by atoms with E-state index < -0.39 is 0 Å². The van der Waals surface area contributed by atoms with E-state index in [9.17, 15) is 0 Å². The van der Waals surface area contributed by atoms with Gasteiger partial charge in [0.05, 0.1) is 6.04 Å². The van der Waals surface area contributed by atoms with Crippen LogP contribution in [0.1, 0.15) is 34.1 Å². The van der Waals surface area contributed by atoms with Gasteiger partial charge in [-0.25, -0.2) is 0 Å². The number of hydrogen-bond acceptors (Lipinski definition) is 2. The Morgan fingerprint density at radius 1 is 1.43 bits per heavy atom. The molecule has 1 aliphatic rings. The summed E-state index contributed by atoms with van der Waals surface area (Å²) in [6.07, 6.45) is 1.02. The first-order chi connectivity index (χ1) is 6.50. The molecule has 0 bridgehead atoms. The van der Waals surface area contributed by atoms with Crippen molar-refractivity contribution in [3.05, 3.63) is 0 Å². The van der Waals surface area contributed by atoms with Gasteiger partial charge in [-0.3, -0.25) is 5.32 Å². The van der Waals surface area contributed by atoms with Gasteiger partial charge in [-0.15, -0.1) is 5.92 Å². The zero-order chi connectivity index (χ0) is 10.8. The predicted octanol–water partition coefficient (Wildman–Crippen LogP) is 2.54. The van der Waals surface area contributed by atoms with Crippen LogP contribution in [0.5, 0.6) is 0 Å². The summed E-state index contributed by atoms with van der Waals surface area (Å²) in [6, 6.07) is 0.278. The molecule has 0 aliphatic heterocycles. The molecule has 1 aliphatic carbocycles. The molecule has 3 unspecified atom stereocenters. The van der Waals surface area contributed by atoms with E-state index in [0.717, 1.165) is 6.42 Å². The second-order valence-electron chi connectivity index (χ2n) is 4.91. The largest absolute Gasteiger partial charge is 0.294 e. The summed E-state index contributed by atoms with van der Waals surface area (Å²) >= 11 is 4.22. The summed E-state index contributed by atoms with van der Waals surface area (Å²) in [5, 5.41) is 3.36. The van der Waals surface area contributed by atoms with Gasteiger partial charge in [-0.2, -0.15) is 12.6 Å². The highest BCUT2D eigenvalue weighted by atomic mass is 32.1. The Morgan fingerprint density at radius 3 is 2.64 bits per heavy atom. The lowest BCUT2D eigenvalue weighted by molar-refractivity contribution is 0.143. The Kier molecular flexibility index (Phi) is 3.92. The fourth-order valence-electron chi connectivity index (χ4n) is 2.09. The molecule has 0 aromatic carbocycles. The highest BCUT2D eigenvalue weighted by Gasteiger charge is 2.37. The third-order valence-corrected chi connectivity index (χ3v) is 3.92. The lowest BCUT2D eigenvalue weighted by Gasteiger charge is -2.38. The minimum absolute atomic E-state index is 0.228. The normalized spacial score (nSPS) is 35.6. The van der Waals surface area contributed by atoms with Crippen LogP contribution in [0, 0.1) is 29.1 Å². The van der Waals surface area contributed by atoms with Crippen molar-refractivity contribution in [1.29, 1.82) is 0 Å².